The molecule has 106 valence electrons. The van der Waals surface area contributed by atoms with Crippen LogP contribution in [-0.2, 0) is 13.8 Å². The van der Waals surface area contributed by atoms with E-state index in [0.717, 1.165) is 3.57 Å². The third-order valence-corrected chi connectivity index (χ3v) is 5.12. The molecular weight excluding hydrogens is 415 g/mol. The molecule has 1 heterocycles. The van der Waals surface area contributed by atoms with Crippen LogP contribution in [-0.4, -0.2) is 26.6 Å². The average Bonchev–Trinajstić information content (AvgIpc) is 2.67. The molecule has 5 nitrogen and oxygen atoms in total. The molecule has 1 aliphatic heterocycles. The first kappa shape index (κ1) is 15.5. The first-order valence-electron chi connectivity index (χ1n) is 5.72. The number of rotatable bonds is 3. The molecule has 1 saturated heterocycles. The lowest BCUT2D eigenvalue weighted by molar-refractivity contribution is -0.117. The summed E-state index contributed by atoms with van der Waals surface area (Å²) in [6.07, 6.45) is 0.169. The molecule has 1 atom stereocenters. The number of carbonyl (C=O) groups is 1. The van der Waals surface area contributed by atoms with Crippen LogP contribution in [0.25, 0.3) is 0 Å². The van der Waals surface area contributed by atoms with Crippen molar-refractivity contribution in [3.8, 4) is 6.07 Å². The maximum atomic E-state index is 12.0. The molecule has 1 amide bonds. The van der Waals surface area contributed by atoms with Crippen LogP contribution in [0.15, 0.2) is 18.2 Å². The molecule has 0 aromatic heterocycles. The minimum Gasteiger partial charge on any atom is -0.311 e. The van der Waals surface area contributed by atoms with E-state index in [0.29, 0.717) is 17.8 Å². The molecule has 1 aromatic carbocycles. The molecule has 0 radical (unpaired) electrons. The van der Waals surface area contributed by atoms with Gasteiger partial charge >= 0.3 is 0 Å². The van der Waals surface area contributed by atoms with Crippen molar-refractivity contribution in [2.75, 3.05) is 17.2 Å². The van der Waals surface area contributed by atoms with E-state index in [1.54, 1.807) is 23.1 Å². The molecule has 0 saturated carbocycles. The van der Waals surface area contributed by atoms with Crippen LogP contribution in [0.4, 0.5) is 5.69 Å². The van der Waals surface area contributed by atoms with Crippen molar-refractivity contribution in [2.24, 2.45) is 5.92 Å². The number of benzene rings is 1. The topological polar surface area (TPSA) is 78.2 Å². The van der Waals surface area contributed by atoms with Crippen molar-refractivity contribution >= 4 is 53.9 Å². The monoisotopic (exact) mass is 424 g/mol. The lowest BCUT2D eigenvalue weighted by atomic mass is 10.1. The predicted octanol–water partition coefficient (Wildman–Crippen LogP) is 2.08. The number of carbonyl (C=O) groups excluding carboxylic acids is 1. The zero-order valence-corrected chi connectivity index (χ0v) is 13.9. The second-order valence-corrected chi connectivity index (χ2v) is 8.54. The van der Waals surface area contributed by atoms with Gasteiger partial charge in [-0.15, -0.1) is 0 Å². The maximum absolute atomic E-state index is 12.0. The molecular formula is C12H10ClIN2O3S. The number of hydrogen-bond donors (Lipinski definition) is 0. The first-order valence-corrected chi connectivity index (χ1v) is 9.28. The Labute approximate surface area is 135 Å². The first-order chi connectivity index (χ1) is 9.30. The van der Waals surface area contributed by atoms with Crippen LogP contribution in [0.5, 0.6) is 0 Å². The molecule has 1 aromatic rings. The van der Waals surface area contributed by atoms with Gasteiger partial charge in [-0.05, 0) is 40.8 Å². The third kappa shape index (κ3) is 3.62. The zero-order chi connectivity index (χ0) is 14.9. The summed E-state index contributed by atoms with van der Waals surface area (Å²) >= 11 is 2.06. The lowest BCUT2D eigenvalue weighted by Crippen LogP contribution is -2.26. The van der Waals surface area contributed by atoms with E-state index in [2.05, 4.69) is 22.6 Å². The van der Waals surface area contributed by atoms with Crippen LogP contribution in [0.1, 0.15) is 12.0 Å². The Morgan fingerprint density at radius 2 is 2.20 bits per heavy atom. The summed E-state index contributed by atoms with van der Waals surface area (Å²) in [5.41, 5.74) is 1.22. The predicted molar refractivity (Wildman–Crippen MR) is 84.0 cm³/mol. The van der Waals surface area contributed by atoms with Gasteiger partial charge in [0.15, 0.2) is 0 Å². The molecule has 0 N–H and O–H groups in total. The van der Waals surface area contributed by atoms with E-state index in [1.807, 2.05) is 6.07 Å². The van der Waals surface area contributed by atoms with Crippen molar-refractivity contribution < 1.29 is 13.2 Å². The summed E-state index contributed by atoms with van der Waals surface area (Å²) in [5, 5.41) is 8.82. The van der Waals surface area contributed by atoms with Gasteiger partial charge in [0.25, 0.3) is 0 Å². The van der Waals surface area contributed by atoms with Crippen LogP contribution in [0.2, 0.25) is 0 Å². The van der Waals surface area contributed by atoms with Gasteiger partial charge < -0.3 is 4.90 Å². The summed E-state index contributed by atoms with van der Waals surface area (Å²) in [7, 11) is 1.62. The number of halogens is 2. The summed E-state index contributed by atoms with van der Waals surface area (Å²) in [6.45, 7) is 0.326. The number of amides is 1. The Balaban J connectivity index is 2.22. The van der Waals surface area contributed by atoms with Gasteiger partial charge in [-0.2, -0.15) is 5.26 Å². The largest absolute Gasteiger partial charge is 0.311 e. The summed E-state index contributed by atoms with van der Waals surface area (Å²) < 4.78 is 23.0. The fourth-order valence-corrected chi connectivity index (χ4v) is 4.33. The van der Waals surface area contributed by atoms with Crippen LogP contribution in [0.3, 0.4) is 0 Å². The summed E-state index contributed by atoms with van der Waals surface area (Å²) in [4.78, 5) is 13.5. The quantitative estimate of drug-likeness (QED) is 0.550. The van der Waals surface area contributed by atoms with Gasteiger partial charge in [-0.1, -0.05) is 0 Å². The highest BCUT2D eigenvalue weighted by atomic mass is 127. The smallest absolute Gasteiger partial charge is 0.232 e. The molecule has 0 spiro atoms. The fraction of sp³-hybridized carbons (Fsp3) is 0.333. The Morgan fingerprint density at radius 3 is 2.75 bits per heavy atom. The molecule has 0 bridgehead atoms. The van der Waals surface area contributed by atoms with E-state index in [-0.39, 0.29) is 24.0 Å². The van der Waals surface area contributed by atoms with E-state index in [4.69, 9.17) is 15.9 Å². The maximum Gasteiger partial charge on any atom is 0.232 e. The standard InChI is InChI=1S/C12H10ClIN2O3S/c13-20(18,19)7-9-4-12(17)16(6-9)11-2-1-8(5-15)3-10(11)14/h1-3,9H,4,6-7H2. The third-order valence-electron chi connectivity index (χ3n) is 3.01. The van der Waals surface area contributed by atoms with Gasteiger partial charge in [0.05, 0.1) is 23.1 Å². The van der Waals surface area contributed by atoms with Crippen molar-refractivity contribution in [2.45, 2.75) is 6.42 Å². The van der Waals surface area contributed by atoms with Gasteiger partial charge in [0.1, 0.15) is 0 Å². The van der Waals surface area contributed by atoms with Gasteiger partial charge in [-0.3, -0.25) is 4.79 Å². The molecule has 1 aliphatic rings. The number of anilines is 1. The summed E-state index contributed by atoms with van der Waals surface area (Å²) in [6, 6.07) is 7.06. The van der Waals surface area contributed by atoms with E-state index < -0.39 is 9.05 Å². The Morgan fingerprint density at radius 1 is 1.50 bits per heavy atom. The molecule has 2 rings (SSSR count). The van der Waals surface area contributed by atoms with Crippen molar-refractivity contribution in [1.29, 1.82) is 5.26 Å². The van der Waals surface area contributed by atoms with Crippen molar-refractivity contribution in [3.05, 3.63) is 27.3 Å². The Bertz CT molecular complexity index is 699. The van der Waals surface area contributed by atoms with Gasteiger partial charge in [0, 0.05) is 33.1 Å². The SMILES string of the molecule is N#Cc1ccc(N2CC(CS(=O)(=O)Cl)CC2=O)c(I)c1. The average molecular weight is 425 g/mol. The second-order valence-electron chi connectivity index (χ2n) is 4.56. The fourth-order valence-electron chi connectivity index (χ4n) is 2.20. The highest BCUT2D eigenvalue weighted by Crippen LogP contribution is 2.30. The Hall–Kier alpha value is -0.850. The van der Waals surface area contributed by atoms with E-state index >= 15 is 0 Å². The summed E-state index contributed by atoms with van der Waals surface area (Å²) in [5.74, 6) is -0.627. The van der Waals surface area contributed by atoms with Crippen molar-refractivity contribution in [3.63, 3.8) is 0 Å². The molecule has 1 unspecified atom stereocenters. The highest BCUT2D eigenvalue weighted by Gasteiger charge is 2.33. The molecule has 20 heavy (non-hydrogen) atoms. The molecule has 1 fully saturated rings. The van der Waals surface area contributed by atoms with Crippen molar-refractivity contribution in [1.82, 2.24) is 0 Å². The minimum absolute atomic E-state index is 0.127. The van der Waals surface area contributed by atoms with Gasteiger partial charge in [-0.25, -0.2) is 8.42 Å². The molecule has 8 heteroatoms. The van der Waals surface area contributed by atoms with Crippen LogP contribution < -0.4 is 4.90 Å². The number of hydrogen-bond acceptors (Lipinski definition) is 4. The van der Waals surface area contributed by atoms with Crippen LogP contribution >= 0.6 is 33.3 Å². The zero-order valence-electron chi connectivity index (χ0n) is 10.2. The lowest BCUT2D eigenvalue weighted by Gasteiger charge is -2.18. The minimum atomic E-state index is -3.61. The highest BCUT2D eigenvalue weighted by molar-refractivity contribution is 14.1. The van der Waals surface area contributed by atoms with Gasteiger partial charge in [0.2, 0.25) is 15.0 Å². The Kier molecular flexibility index (Phi) is 4.56. The number of nitrogens with zero attached hydrogens (tertiary/aromatic N) is 2. The number of nitriles is 1. The second kappa shape index (κ2) is 5.87. The van der Waals surface area contributed by atoms with Crippen LogP contribution in [0, 0.1) is 20.8 Å². The normalized spacial score (nSPS) is 19.1. The van der Waals surface area contributed by atoms with E-state index in [9.17, 15) is 13.2 Å². The molecule has 0 aliphatic carbocycles. The van der Waals surface area contributed by atoms with E-state index in [1.165, 1.54) is 0 Å².